The number of rotatable bonds is 3. The Morgan fingerprint density at radius 1 is 1.47 bits per heavy atom. The Balaban J connectivity index is 1.93. The maximum atomic E-state index is 12.0. The lowest BCUT2D eigenvalue weighted by Gasteiger charge is -2.28. The molecule has 2 unspecified atom stereocenters. The smallest absolute Gasteiger partial charge is 0.251 e. The fraction of sp³-hybridized carbons (Fsp3) is 0.571. The number of hydrogen-bond donors (Lipinski definition) is 2. The Morgan fingerprint density at radius 3 is 2.89 bits per heavy atom. The van der Waals surface area contributed by atoms with Gasteiger partial charge in [-0.05, 0) is 30.4 Å². The van der Waals surface area contributed by atoms with Crippen LogP contribution in [0.5, 0.6) is 0 Å². The largest absolute Gasteiger partial charge is 0.384 e. The summed E-state index contributed by atoms with van der Waals surface area (Å²) in [5, 5.41) is 3.22. The van der Waals surface area contributed by atoms with E-state index in [2.05, 4.69) is 17.2 Å². The van der Waals surface area contributed by atoms with Crippen LogP contribution in [-0.2, 0) is 0 Å². The Labute approximate surface area is 118 Å². The summed E-state index contributed by atoms with van der Waals surface area (Å²) in [4.78, 5) is 15.9. The summed E-state index contributed by atoms with van der Waals surface area (Å²) in [5.41, 5.74) is 6.06. The number of nitrogen functional groups attached to an aromatic ring is 1. The van der Waals surface area contributed by atoms with Gasteiger partial charge in [0.05, 0.1) is 0 Å². The molecule has 1 saturated carbocycles. The molecule has 3 N–H and O–H groups in total. The molecule has 0 radical (unpaired) electrons. The van der Waals surface area contributed by atoms with E-state index >= 15 is 0 Å². The van der Waals surface area contributed by atoms with E-state index in [1.54, 1.807) is 6.07 Å². The summed E-state index contributed by atoms with van der Waals surface area (Å²) in [6.07, 6.45) is 5.02. The number of carbonyl (C=O) groups excluding carboxylic acids is 1. The highest BCUT2D eigenvalue weighted by Gasteiger charge is 2.21. The number of halogens is 1. The fourth-order valence-electron chi connectivity index (χ4n) is 2.67. The summed E-state index contributed by atoms with van der Waals surface area (Å²) in [7, 11) is 0. The highest BCUT2D eigenvalue weighted by molar-refractivity contribution is 6.29. The Morgan fingerprint density at radius 2 is 2.21 bits per heavy atom. The maximum Gasteiger partial charge on any atom is 0.251 e. The van der Waals surface area contributed by atoms with Gasteiger partial charge >= 0.3 is 0 Å². The molecular weight excluding hydrogens is 262 g/mol. The van der Waals surface area contributed by atoms with Crippen LogP contribution in [0.15, 0.2) is 12.1 Å². The molecule has 4 nitrogen and oxygen atoms in total. The lowest BCUT2D eigenvalue weighted by Crippen LogP contribution is -2.33. The zero-order chi connectivity index (χ0) is 13.8. The number of nitrogens with one attached hydrogen (secondary N) is 1. The van der Waals surface area contributed by atoms with Gasteiger partial charge < -0.3 is 11.1 Å². The van der Waals surface area contributed by atoms with Crippen molar-refractivity contribution in [2.24, 2.45) is 11.8 Å². The van der Waals surface area contributed by atoms with Crippen LogP contribution in [0.2, 0.25) is 5.15 Å². The Hall–Kier alpha value is -1.29. The first-order valence-corrected chi connectivity index (χ1v) is 7.15. The van der Waals surface area contributed by atoms with Gasteiger partial charge in [0, 0.05) is 12.1 Å². The topological polar surface area (TPSA) is 68.0 Å². The van der Waals surface area contributed by atoms with Gasteiger partial charge in [0.2, 0.25) is 0 Å². The molecule has 1 aromatic rings. The van der Waals surface area contributed by atoms with Gasteiger partial charge in [0.1, 0.15) is 11.0 Å². The molecular formula is C14H20ClN3O. The minimum atomic E-state index is -0.131. The summed E-state index contributed by atoms with van der Waals surface area (Å²) in [6, 6.07) is 3.09. The second-order valence-corrected chi connectivity index (χ2v) is 5.72. The molecule has 0 saturated heterocycles. The van der Waals surface area contributed by atoms with Crippen molar-refractivity contribution in [2.45, 2.75) is 32.6 Å². The van der Waals surface area contributed by atoms with Gasteiger partial charge in [-0.2, -0.15) is 0 Å². The van der Waals surface area contributed by atoms with E-state index in [-0.39, 0.29) is 16.9 Å². The molecule has 1 aromatic heterocycles. The highest BCUT2D eigenvalue weighted by Crippen LogP contribution is 2.28. The standard InChI is InChI=1S/C14H20ClN3O/c1-9-4-2-3-5-10(9)8-17-14(19)11-6-12(15)18-13(16)7-11/h6-7,9-10H,2-5,8H2,1H3,(H2,16,18)(H,17,19). The first-order chi connectivity index (χ1) is 9.06. The predicted molar refractivity (Wildman–Crippen MR) is 77.1 cm³/mol. The van der Waals surface area contributed by atoms with Crippen LogP contribution in [0.4, 0.5) is 5.82 Å². The number of nitrogens with two attached hydrogens (primary N) is 1. The molecule has 2 rings (SSSR count). The monoisotopic (exact) mass is 281 g/mol. The van der Waals surface area contributed by atoms with Crippen LogP contribution in [0.25, 0.3) is 0 Å². The lowest BCUT2D eigenvalue weighted by molar-refractivity contribution is 0.0936. The zero-order valence-corrected chi connectivity index (χ0v) is 11.9. The van der Waals surface area contributed by atoms with Gasteiger partial charge in [-0.15, -0.1) is 0 Å². The van der Waals surface area contributed by atoms with Crippen molar-refractivity contribution in [3.63, 3.8) is 0 Å². The quantitative estimate of drug-likeness (QED) is 0.837. The molecule has 1 aliphatic rings. The van der Waals surface area contributed by atoms with E-state index in [1.165, 1.54) is 31.7 Å². The molecule has 1 amide bonds. The van der Waals surface area contributed by atoms with Crippen LogP contribution in [-0.4, -0.2) is 17.4 Å². The molecule has 1 heterocycles. The number of carbonyl (C=O) groups is 1. The van der Waals surface area contributed by atoms with E-state index in [4.69, 9.17) is 17.3 Å². The molecule has 2 atom stereocenters. The maximum absolute atomic E-state index is 12.0. The normalized spacial score (nSPS) is 23.1. The van der Waals surface area contributed by atoms with Gasteiger partial charge in [-0.3, -0.25) is 4.79 Å². The van der Waals surface area contributed by atoms with Crippen molar-refractivity contribution in [2.75, 3.05) is 12.3 Å². The third-order valence-electron chi connectivity index (χ3n) is 3.89. The second kappa shape index (κ2) is 6.24. The van der Waals surface area contributed by atoms with E-state index in [1.807, 2.05) is 0 Å². The van der Waals surface area contributed by atoms with Crippen molar-refractivity contribution < 1.29 is 4.79 Å². The molecule has 0 aliphatic heterocycles. The third kappa shape index (κ3) is 3.83. The van der Waals surface area contributed by atoms with Gasteiger partial charge in [0.25, 0.3) is 5.91 Å². The molecule has 1 fully saturated rings. The van der Waals surface area contributed by atoms with Gasteiger partial charge in [-0.25, -0.2) is 4.98 Å². The first-order valence-electron chi connectivity index (χ1n) is 6.77. The highest BCUT2D eigenvalue weighted by atomic mass is 35.5. The third-order valence-corrected chi connectivity index (χ3v) is 4.08. The average Bonchev–Trinajstić information content (AvgIpc) is 2.36. The number of hydrogen-bond acceptors (Lipinski definition) is 3. The van der Waals surface area contributed by atoms with Crippen molar-refractivity contribution >= 4 is 23.3 Å². The minimum Gasteiger partial charge on any atom is -0.384 e. The first kappa shape index (κ1) is 14.1. The Bertz CT molecular complexity index is 444. The predicted octanol–water partition coefficient (Wildman–Crippen LogP) is 2.87. The van der Waals surface area contributed by atoms with Crippen molar-refractivity contribution in [3.05, 3.63) is 22.8 Å². The van der Waals surface area contributed by atoms with Crippen LogP contribution < -0.4 is 11.1 Å². The van der Waals surface area contributed by atoms with Crippen molar-refractivity contribution in [3.8, 4) is 0 Å². The SMILES string of the molecule is CC1CCCCC1CNC(=O)c1cc(N)nc(Cl)c1. The molecule has 0 spiro atoms. The molecule has 104 valence electrons. The van der Waals surface area contributed by atoms with E-state index < -0.39 is 0 Å². The number of nitrogens with zero attached hydrogens (tertiary/aromatic N) is 1. The number of aromatic nitrogens is 1. The van der Waals surface area contributed by atoms with Crippen LogP contribution in [0.3, 0.4) is 0 Å². The van der Waals surface area contributed by atoms with Crippen LogP contribution in [0.1, 0.15) is 43.0 Å². The van der Waals surface area contributed by atoms with E-state index in [9.17, 15) is 4.79 Å². The fourth-order valence-corrected chi connectivity index (χ4v) is 2.89. The lowest BCUT2D eigenvalue weighted by atomic mass is 9.80. The van der Waals surface area contributed by atoms with Crippen LogP contribution >= 0.6 is 11.6 Å². The van der Waals surface area contributed by atoms with Crippen molar-refractivity contribution in [1.29, 1.82) is 0 Å². The van der Waals surface area contributed by atoms with Crippen molar-refractivity contribution in [1.82, 2.24) is 10.3 Å². The summed E-state index contributed by atoms with van der Waals surface area (Å²) < 4.78 is 0. The summed E-state index contributed by atoms with van der Waals surface area (Å²) in [5.74, 6) is 1.39. The number of amides is 1. The number of pyridine rings is 1. The van der Waals surface area contributed by atoms with Gasteiger partial charge in [-0.1, -0.05) is 37.8 Å². The van der Waals surface area contributed by atoms with Crippen LogP contribution in [0, 0.1) is 11.8 Å². The molecule has 0 bridgehead atoms. The summed E-state index contributed by atoms with van der Waals surface area (Å²) in [6.45, 7) is 2.98. The Kier molecular flexibility index (Phi) is 4.64. The average molecular weight is 282 g/mol. The van der Waals surface area contributed by atoms with E-state index in [0.717, 1.165) is 6.54 Å². The van der Waals surface area contributed by atoms with Gasteiger partial charge in [0.15, 0.2) is 0 Å². The zero-order valence-electron chi connectivity index (χ0n) is 11.2. The second-order valence-electron chi connectivity index (χ2n) is 5.34. The molecule has 5 heteroatoms. The molecule has 0 aromatic carbocycles. The van der Waals surface area contributed by atoms with E-state index in [0.29, 0.717) is 17.4 Å². The number of anilines is 1. The molecule has 1 aliphatic carbocycles. The molecule has 19 heavy (non-hydrogen) atoms. The summed E-state index contributed by atoms with van der Waals surface area (Å²) >= 11 is 5.80. The minimum absolute atomic E-state index is 0.131.